The molecule has 0 amide bonds. The second kappa shape index (κ2) is 6.90. The summed E-state index contributed by atoms with van der Waals surface area (Å²) in [6.45, 7) is 7.60. The van der Waals surface area contributed by atoms with Gasteiger partial charge >= 0.3 is 0 Å². The molecule has 1 heterocycles. The van der Waals surface area contributed by atoms with Gasteiger partial charge in [-0.25, -0.2) is 8.78 Å². The third-order valence-electron chi connectivity index (χ3n) is 3.56. The van der Waals surface area contributed by atoms with Gasteiger partial charge < -0.3 is 0 Å². The highest BCUT2D eigenvalue weighted by Crippen LogP contribution is 2.30. The van der Waals surface area contributed by atoms with Gasteiger partial charge in [0.2, 0.25) is 0 Å². The minimum absolute atomic E-state index is 0.0499. The first-order valence-corrected chi connectivity index (χ1v) is 7.77. The summed E-state index contributed by atoms with van der Waals surface area (Å²) in [5.41, 5.74) is 3.24. The van der Waals surface area contributed by atoms with Crippen LogP contribution in [0.1, 0.15) is 31.4 Å². The molecule has 0 aliphatic carbocycles. The fourth-order valence-electron chi connectivity index (χ4n) is 2.41. The highest BCUT2D eigenvalue weighted by molar-refractivity contribution is 5.86. The molecule has 0 saturated heterocycles. The fraction of sp³-hybridized carbons (Fsp3) is 0.316. The van der Waals surface area contributed by atoms with Crippen LogP contribution < -0.4 is 0 Å². The molecule has 0 fully saturated rings. The standard InChI is InChI=1S/C16H14F2N2.C3H8/c1-9-4-16-12(8-20(3)19-16)5-13(9)11-6-14(17)10(2)15(18)7-11;1-3-2/h4-8H,1-3H3;3H2,1-2H3. The Kier molecular flexibility index (Phi) is 5.14. The average molecular weight is 316 g/mol. The molecule has 0 saturated carbocycles. The van der Waals surface area contributed by atoms with Crippen LogP contribution in [0.3, 0.4) is 0 Å². The summed E-state index contributed by atoms with van der Waals surface area (Å²) in [7, 11) is 1.85. The SMILES string of the molecule is CCC.Cc1cc2nn(C)cc2cc1-c1cc(F)c(C)c(F)c1. The van der Waals surface area contributed by atoms with E-state index in [0.29, 0.717) is 5.56 Å². The van der Waals surface area contributed by atoms with Crippen molar-refractivity contribution in [3.63, 3.8) is 0 Å². The minimum atomic E-state index is -0.523. The van der Waals surface area contributed by atoms with Crippen molar-refractivity contribution in [3.05, 3.63) is 53.2 Å². The van der Waals surface area contributed by atoms with Crippen LogP contribution in [0.2, 0.25) is 0 Å². The summed E-state index contributed by atoms with van der Waals surface area (Å²) in [4.78, 5) is 0. The molecule has 0 radical (unpaired) electrons. The lowest BCUT2D eigenvalue weighted by molar-refractivity contribution is 0.569. The first-order valence-electron chi connectivity index (χ1n) is 7.77. The first kappa shape index (κ1) is 17.1. The number of aromatic nitrogens is 2. The van der Waals surface area contributed by atoms with Crippen molar-refractivity contribution in [2.45, 2.75) is 34.1 Å². The highest BCUT2D eigenvalue weighted by Gasteiger charge is 2.11. The van der Waals surface area contributed by atoms with Gasteiger partial charge in [0.15, 0.2) is 0 Å². The monoisotopic (exact) mass is 316 g/mol. The number of nitrogens with zero attached hydrogens (tertiary/aromatic N) is 2. The van der Waals surface area contributed by atoms with Crippen LogP contribution in [-0.2, 0) is 7.05 Å². The van der Waals surface area contributed by atoms with Crippen LogP contribution >= 0.6 is 0 Å². The number of fused-ring (bicyclic) bond motifs is 1. The van der Waals surface area contributed by atoms with E-state index >= 15 is 0 Å². The first-order chi connectivity index (χ1) is 10.9. The van der Waals surface area contributed by atoms with Crippen molar-refractivity contribution in [1.29, 1.82) is 0 Å². The van der Waals surface area contributed by atoms with E-state index in [0.717, 1.165) is 22.0 Å². The molecule has 0 spiro atoms. The van der Waals surface area contributed by atoms with Gasteiger partial charge in [-0.1, -0.05) is 20.3 Å². The third-order valence-corrected chi connectivity index (χ3v) is 3.56. The lowest BCUT2D eigenvalue weighted by Crippen LogP contribution is -1.92. The molecule has 1 aromatic heterocycles. The predicted octanol–water partition coefficient (Wildman–Crippen LogP) is 5.55. The van der Waals surface area contributed by atoms with E-state index in [-0.39, 0.29) is 5.56 Å². The maximum Gasteiger partial charge on any atom is 0.129 e. The summed E-state index contributed by atoms with van der Waals surface area (Å²) >= 11 is 0. The van der Waals surface area contributed by atoms with Crippen LogP contribution in [0.5, 0.6) is 0 Å². The maximum absolute atomic E-state index is 13.7. The Labute approximate surface area is 135 Å². The van der Waals surface area contributed by atoms with Crippen molar-refractivity contribution in [2.75, 3.05) is 0 Å². The van der Waals surface area contributed by atoms with Gasteiger partial charge in [-0.15, -0.1) is 0 Å². The molecule has 2 aromatic carbocycles. The molecule has 23 heavy (non-hydrogen) atoms. The van der Waals surface area contributed by atoms with Crippen molar-refractivity contribution >= 4 is 10.9 Å². The van der Waals surface area contributed by atoms with E-state index in [4.69, 9.17) is 0 Å². The summed E-state index contributed by atoms with van der Waals surface area (Å²) in [5.74, 6) is -1.05. The number of aryl methyl sites for hydroxylation is 2. The molecule has 3 rings (SSSR count). The molecule has 4 heteroatoms. The van der Waals surface area contributed by atoms with E-state index in [1.165, 1.54) is 25.5 Å². The Balaban J connectivity index is 0.000000595. The van der Waals surface area contributed by atoms with E-state index < -0.39 is 11.6 Å². The van der Waals surface area contributed by atoms with Crippen LogP contribution in [0.15, 0.2) is 30.5 Å². The Hall–Kier alpha value is -2.23. The fourth-order valence-corrected chi connectivity index (χ4v) is 2.41. The van der Waals surface area contributed by atoms with Gasteiger partial charge in [0.05, 0.1) is 5.52 Å². The number of hydrogen-bond donors (Lipinski definition) is 0. The molecule has 3 aromatic rings. The van der Waals surface area contributed by atoms with Gasteiger partial charge in [-0.2, -0.15) is 5.10 Å². The molecule has 2 nitrogen and oxygen atoms in total. The quantitative estimate of drug-likeness (QED) is 0.575. The van der Waals surface area contributed by atoms with Crippen LogP contribution in [0.25, 0.3) is 22.0 Å². The van der Waals surface area contributed by atoms with Gasteiger partial charge in [0, 0.05) is 24.2 Å². The molecular formula is C19H22F2N2. The molecule has 0 unspecified atom stereocenters. The van der Waals surface area contributed by atoms with Crippen LogP contribution in [-0.4, -0.2) is 9.78 Å². The van der Waals surface area contributed by atoms with Crippen molar-refractivity contribution < 1.29 is 8.78 Å². The van der Waals surface area contributed by atoms with Gasteiger partial charge in [0.1, 0.15) is 11.6 Å². The number of halogens is 2. The molecule has 0 bridgehead atoms. The van der Waals surface area contributed by atoms with Crippen molar-refractivity contribution in [2.24, 2.45) is 7.05 Å². The average Bonchev–Trinajstić information content (AvgIpc) is 2.83. The van der Waals surface area contributed by atoms with Crippen molar-refractivity contribution in [3.8, 4) is 11.1 Å². The largest absolute Gasteiger partial charge is 0.275 e. The number of hydrogen-bond acceptors (Lipinski definition) is 1. The summed E-state index contributed by atoms with van der Waals surface area (Å²) < 4.78 is 29.2. The predicted molar refractivity (Wildman–Crippen MR) is 91.5 cm³/mol. The van der Waals surface area contributed by atoms with E-state index in [1.807, 2.05) is 32.3 Å². The van der Waals surface area contributed by atoms with Crippen LogP contribution in [0, 0.1) is 25.5 Å². The van der Waals surface area contributed by atoms with Gasteiger partial charge in [0.25, 0.3) is 0 Å². The molecule has 0 N–H and O–H groups in total. The Bertz CT molecular complexity index is 812. The lowest BCUT2D eigenvalue weighted by atomic mass is 9.97. The summed E-state index contributed by atoms with van der Waals surface area (Å²) in [6, 6.07) is 6.60. The van der Waals surface area contributed by atoms with Gasteiger partial charge in [-0.05, 0) is 54.8 Å². The second-order valence-electron chi connectivity index (χ2n) is 5.80. The molecular weight excluding hydrogens is 294 g/mol. The zero-order chi connectivity index (χ0) is 17.1. The number of rotatable bonds is 1. The Morgan fingerprint density at radius 2 is 1.57 bits per heavy atom. The maximum atomic E-state index is 13.7. The topological polar surface area (TPSA) is 17.8 Å². The summed E-state index contributed by atoms with van der Waals surface area (Å²) in [6.07, 6.45) is 3.14. The molecule has 122 valence electrons. The van der Waals surface area contributed by atoms with Crippen molar-refractivity contribution in [1.82, 2.24) is 9.78 Å². The number of benzene rings is 2. The smallest absolute Gasteiger partial charge is 0.129 e. The normalized spacial score (nSPS) is 10.6. The van der Waals surface area contributed by atoms with E-state index in [1.54, 1.807) is 4.68 Å². The molecule has 0 atom stereocenters. The van der Waals surface area contributed by atoms with Crippen LogP contribution in [0.4, 0.5) is 8.78 Å². The molecule has 0 aliphatic heterocycles. The Morgan fingerprint density at radius 1 is 1.00 bits per heavy atom. The summed E-state index contributed by atoms with van der Waals surface area (Å²) in [5, 5.41) is 5.28. The minimum Gasteiger partial charge on any atom is -0.275 e. The lowest BCUT2D eigenvalue weighted by Gasteiger charge is -2.08. The highest BCUT2D eigenvalue weighted by atomic mass is 19.1. The van der Waals surface area contributed by atoms with E-state index in [9.17, 15) is 8.78 Å². The van der Waals surface area contributed by atoms with Gasteiger partial charge in [-0.3, -0.25) is 4.68 Å². The molecule has 0 aliphatic rings. The Morgan fingerprint density at radius 3 is 2.13 bits per heavy atom. The van der Waals surface area contributed by atoms with E-state index in [2.05, 4.69) is 18.9 Å². The zero-order valence-electron chi connectivity index (χ0n) is 14.2. The zero-order valence-corrected chi connectivity index (χ0v) is 14.2. The third kappa shape index (κ3) is 3.58. The second-order valence-corrected chi connectivity index (χ2v) is 5.80.